The van der Waals surface area contributed by atoms with Crippen molar-refractivity contribution >= 4 is 23.0 Å². The summed E-state index contributed by atoms with van der Waals surface area (Å²) in [6.45, 7) is 3.83. The van der Waals surface area contributed by atoms with E-state index in [4.69, 9.17) is 10.5 Å². The van der Waals surface area contributed by atoms with Gasteiger partial charge in [0.2, 0.25) is 5.12 Å². The first-order chi connectivity index (χ1) is 12.0. The van der Waals surface area contributed by atoms with Gasteiger partial charge in [-0.1, -0.05) is 59.8 Å². The van der Waals surface area contributed by atoms with E-state index < -0.39 is 18.2 Å². The molecule has 0 unspecified atom stereocenters. The van der Waals surface area contributed by atoms with Gasteiger partial charge in [-0.2, -0.15) is 0 Å². The van der Waals surface area contributed by atoms with Gasteiger partial charge in [-0.15, -0.1) is 0 Å². The SMILES string of the molecule is Cc1ccc(SC(=O)[C@@H](N)[C@H](C)NC(=O)OCc2ccccc2)cc1. The van der Waals surface area contributed by atoms with Gasteiger partial charge in [-0.05, 0) is 31.5 Å². The van der Waals surface area contributed by atoms with E-state index in [-0.39, 0.29) is 11.7 Å². The van der Waals surface area contributed by atoms with E-state index >= 15 is 0 Å². The average molecular weight is 358 g/mol. The van der Waals surface area contributed by atoms with E-state index in [2.05, 4.69) is 5.32 Å². The van der Waals surface area contributed by atoms with Crippen molar-refractivity contribution in [3.8, 4) is 0 Å². The molecule has 0 saturated heterocycles. The molecule has 2 atom stereocenters. The highest BCUT2D eigenvalue weighted by molar-refractivity contribution is 8.13. The molecular weight excluding hydrogens is 336 g/mol. The van der Waals surface area contributed by atoms with Crippen molar-refractivity contribution in [2.24, 2.45) is 5.73 Å². The Morgan fingerprint density at radius 3 is 2.40 bits per heavy atom. The highest BCUT2D eigenvalue weighted by Crippen LogP contribution is 2.21. The molecule has 132 valence electrons. The minimum Gasteiger partial charge on any atom is -0.445 e. The zero-order valence-corrected chi connectivity index (χ0v) is 15.1. The number of rotatable bonds is 6. The summed E-state index contributed by atoms with van der Waals surface area (Å²) in [6, 6.07) is 15.6. The number of hydrogen-bond donors (Lipinski definition) is 2. The first kappa shape index (κ1) is 19.0. The summed E-state index contributed by atoms with van der Waals surface area (Å²) in [5.41, 5.74) is 7.97. The third-order valence-electron chi connectivity index (χ3n) is 3.61. The van der Waals surface area contributed by atoms with Crippen molar-refractivity contribution in [1.29, 1.82) is 0 Å². The van der Waals surface area contributed by atoms with Gasteiger partial charge >= 0.3 is 6.09 Å². The van der Waals surface area contributed by atoms with Crippen LogP contribution in [0.1, 0.15) is 18.1 Å². The minimum atomic E-state index is -0.824. The van der Waals surface area contributed by atoms with Gasteiger partial charge in [-0.3, -0.25) is 4.79 Å². The highest BCUT2D eigenvalue weighted by atomic mass is 32.2. The zero-order valence-electron chi connectivity index (χ0n) is 14.3. The Labute approximate surface area is 151 Å². The lowest BCUT2D eigenvalue weighted by Crippen LogP contribution is -2.49. The fourth-order valence-corrected chi connectivity index (χ4v) is 2.88. The van der Waals surface area contributed by atoms with Crippen molar-refractivity contribution in [3.63, 3.8) is 0 Å². The van der Waals surface area contributed by atoms with Crippen LogP contribution in [0.15, 0.2) is 59.5 Å². The van der Waals surface area contributed by atoms with Crippen molar-refractivity contribution < 1.29 is 14.3 Å². The lowest BCUT2D eigenvalue weighted by atomic mass is 10.2. The molecule has 3 N–H and O–H groups in total. The lowest BCUT2D eigenvalue weighted by Gasteiger charge is -2.19. The first-order valence-electron chi connectivity index (χ1n) is 7.97. The zero-order chi connectivity index (χ0) is 18.2. The predicted molar refractivity (Wildman–Crippen MR) is 99.2 cm³/mol. The molecule has 0 radical (unpaired) electrons. The molecule has 2 aromatic rings. The molecule has 0 spiro atoms. The van der Waals surface area contributed by atoms with Crippen LogP contribution in [0.2, 0.25) is 0 Å². The van der Waals surface area contributed by atoms with Gasteiger partial charge in [0.1, 0.15) is 6.61 Å². The summed E-state index contributed by atoms with van der Waals surface area (Å²) >= 11 is 1.07. The maximum atomic E-state index is 12.2. The standard InChI is InChI=1S/C19H22N2O3S/c1-13-8-10-16(11-9-13)25-18(22)17(20)14(2)21-19(23)24-12-15-6-4-3-5-7-15/h3-11,14,17H,12,20H2,1-2H3,(H,21,23)/t14-,17-/m0/s1. The van der Waals surface area contributed by atoms with Gasteiger partial charge in [0, 0.05) is 4.90 Å². The number of carbonyl (C=O) groups is 2. The number of nitrogens with one attached hydrogen (secondary N) is 1. The molecule has 0 saturated carbocycles. The van der Waals surface area contributed by atoms with E-state index in [1.807, 2.05) is 61.5 Å². The summed E-state index contributed by atoms with van der Waals surface area (Å²) in [4.78, 5) is 24.9. The Kier molecular flexibility index (Phi) is 7.03. The Morgan fingerprint density at radius 2 is 1.76 bits per heavy atom. The number of aryl methyl sites for hydroxylation is 1. The lowest BCUT2D eigenvalue weighted by molar-refractivity contribution is -0.112. The highest BCUT2D eigenvalue weighted by Gasteiger charge is 2.23. The smallest absolute Gasteiger partial charge is 0.407 e. The number of thioether (sulfide) groups is 1. The van der Waals surface area contributed by atoms with E-state index in [1.54, 1.807) is 6.92 Å². The Hall–Kier alpha value is -2.31. The fraction of sp³-hybridized carbons (Fsp3) is 0.263. The van der Waals surface area contributed by atoms with Crippen molar-refractivity contribution in [2.45, 2.75) is 37.4 Å². The summed E-state index contributed by atoms with van der Waals surface area (Å²) in [5.74, 6) is 0. The van der Waals surface area contributed by atoms with Gasteiger partial charge < -0.3 is 15.8 Å². The first-order valence-corrected chi connectivity index (χ1v) is 8.78. The molecule has 0 aliphatic rings. The topological polar surface area (TPSA) is 81.4 Å². The Bertz CT molecular complexity index is 704. The molecule has 25 heavy (non-hydrogen) atoms. The summed E-state index contributed by atoms with van der Waals surface area (Å²) in [5, 5.41) is 2.40. The van der Waals surface area contributed by atoms with E-state index in [0.717, 1.165) is 27.8 Å². The quantitative estimate of drug-likeness (QED) is 0.775. The second kappa shape index (κ2) is 9.25. The second-order valence-electron chi connectivity index (χ2n) is 5.75. The van der Waals surface area contributed by atoms with Crippen LogP contribution in [0.4, 0.5) is 4.79 Å². The number of nitrogens with two attached hydrogens (primary N) is 1. The maximum Gasteiger partial charge on any atom is 0.407 e. The van der Waals surface area contributed by atoms with Crippen LogP contribution in [0, 0.1) is 6.92 Å². The van der Waals surface area contributed by atoms with Gasteiger partial charge in [0.15, 0.2) is 0 Å². The van der Waals surface area contributed by atoms with Crippen LogP contribution in [0.3, 0.4) is 0 Å². The van der Waals surface area contributed by atoms with Crippen molar-refractivity contribution in [2.75, 3.05) is 0 Å². The number of amides is 1. The molecule has 0 fully saturated rings. The summed E-state index contributed by atoms with van der Waals surface area (Å²) in [6.07, 6.45) is -0.597. The van der Waals surface area contributed by atoms with Crippen molar-refractivity contribution in [3.05, 3.63) is 65.7 Å². The number of hydrogen-bond acceptors (Lipinski definition) is 5. The molecule has 6 heteroatoms. The number of ether oxygens (including phenoxy) is 1. The Morgan fingerprint density at radius 1 is 1.12 bits per heavy atom. The predicted octanol–water partition coefficient (Wildman–Crippen LogP) is 3.26. The van der Waals surface area contributed by atoms with E-state index in [0.29, 0.717) is 0 Å². The number of benzene rings is 2. The molecule has 0 bridgehead atoms. The molecule has 0 aliphatic heterocycles. The number of alkyl carbamates (subject to hydrolysis) is 1. The second-order valence-corrected chi connectivity index (χ2v) is 6.83. The van der Waals surface area contributed by atoms with E-state index in [1.165, 1.54) is 0 Å². The molecule has 5 nitrogen and oxygen atoms in total. The average Bonchev–Trinajstić information content (AvgIpc) is 2.62. The third-order valence-corrected chi connectivity index (χ3v) is 4.59. The van der Waals surface area contributed by atoms with Gasteiger partial charge in [-0.25, -0.2) is 4.79 Å². The largest absolute Gasteiger partial charge is 0.445 e. The van der Waals surface area contributed by atoms with Crippen LogP contribution in [0.5, 0.6) is 0 Å². The molecule has 2 aromatic carbocycles. The van der Waals surface area contributed by atoms with Crippen LogP contribution in [-0.4, -0.2) is 23.3 Å². The fourth-order valence-electron chi connectivity index (χ4n) is 2.04. The van der Waals surface area contributed by atoms with Crippen molar-refractivity contribution in [1.82, 2.24) is 5.32 Å². The maximum absolute atomic E-state index is 12.2. The molecule has 0 aromatic heterocycles. The molecule has 0 heterocycles. The molecular formula is C19H22N2O3S. The van der Waals surface area contributed by atoms with E-state index in [9.17, 15) is 9.59 Å². The van der Waals surface area contributed by atoms with Crippen LogP contribution < -0.4 is 11.1 Å². The normalized spacial score (nSPS) is 12.9. The van der Waals surface area contributed by atoms with Gasteiger partial charge in [0.25, 0.3) is 0 Å². The molecule has 2 rings (SSSR count). The Balaban J connectivity index is 1.80. The van der Waals surface area contributed by atoms with Gasteiger partial charge in [0.05, 0.1) is 12.1 Å². The molecule has 0 aliphatic carbocycles. The van der Waals surface area contributed by atoms with Crippen LogP contribution in [-0.2, 0) is 16.1 Å². The number of carbonyl (C=O) groups excluding carboxylic acids is 2. The third kappa shape index (κ3) is 6.25. The minimum absolute atomic E-state index is 0.167. The summed E-state index contributed by atoms with van der Waals surface area (Å²) in [7, 11) is 0. The summed E-state index contributed by atoms with van der Waals surface area (Å²) < 4.78 is 5.14. The monoisotopic (exact) mass is 358 g/mol. The van der Waals surface area contributed by atoms with Crippen LogP contribution in [0.25, 0.3) is 0 Å². The molecule has 1 amide bonds. The van der Waals surface area contributed by atoms with Crippen LogP contribution >= 0.6 is 11.8 Å².